The Balaban J connectivity index is 0. The molecule has 26 nitrogen and oxygen atoms in total. The average Bonchev–Trinajstić information content (AvgIpc) is 3.68. The molecule has 0 saturated carbocycles. The maximum Gasteiger partial charge on any atom is 0.326 e. The van der Waals surface area contributed by atoms with Crippen LogP contribution in [0.5, 0.6) is 0 Å². The Morgan fingerprint density at radius 2 is 1.23 bits per heavy atom. The first-order chi connectivity index (χ1) is 31.2. The molecule has 0 aliphatic heterocycles. The van der Waals surface area contributed by atoms with E-state index in [1.165, 1.54) is 6.92 Å². The minimum absolute atomic E-state index is 0.00524. The minimum Gasteiger partial charge on any atom is -0.480 e. The molecule has 370 valence electrons. The summed E-state index contributed by atoms with van der Waals surface area (Å²) in [7, 11) is 0. The van der Waals surface area contributed by atoms with Crippen LogP contribution in [0.2, 0.25) is 0 Å². The summed E-state index contributed by atoms with van der Waals surface area (Å²) in [5.74, 6) is -5.68. The second-order valence-corrected chi connectivity index (χ2v) is 13.7. The van der Waals surface area contributed by atoms with Crippen LogP contribution in [0.25, 0.3) is 10.9 Å². The first kappa shape index (κ1) is 60.6. The molecule has 20 N–H and O–H groups in total. The molecule has 1 heterocycles. The number of rotatable bonds is 26. The number of carbonyl (C=O) groups excluding carboxylic acids is 8. The fraction of sp³-hybridized carbons (Fsp3) is 0.525. The van der Waals surface area contributed by atoms with Crippen LogP contribution in [0.4, 0.5) is 0 Å². The number of carboxylic acids is 1. The first-order valence-electron chi connectivity index (χ1n) is 20.9. The predicted octanol–water partition coefficient (Wildman–Crippen LogP) is -4.25. The van der Waals surface area contributed by atoms with Crippen molar-refractivity contribution in [3.8, 4) is 0 Å². The van der Waals surface area contributed by atoms with Crippen molar-refractivity contribution in [3.63, 3.8) is 0 Å². The highest BCUT2D eigenvalue weighted by Gasteiger charge is 2.25. The van der Waals surface area contributed by atoms with Gasteiger partial charge < -0.3 is 81.1 Å². The maximum absolute atomic E-state index is 12.7. The van der Waals surface area contributed by atoms with Crippen molar-refractivity contribution in [2.45, 2.75) is 97.3 Å². The lowest BCUT2D eigenvalue weighted by Gasteiger charge is -2.19. The van der Waals surface area contributed by atoms with Gasteiger partial charge in [-0.3, -0.25) is 48.3 Å². The van der Waals surface area contributed by atoms with E-state index >= 15 is 0 Å². The molecular formula is C40H69N15O11. The normalized spacial score (nSPS) is 11.7. The molecule has 0 bridgehead atoms. The van der Waals surface area contributed by atoms with E-state index in [-0.39, 0.29) is 55.6 Å². The van der Waals surface area contributed by atoms with Gasteiger partial charge in [-0.15, -0.1) is 0 Å². The number of H-pyrrole nitrogens is 1. The van der Waals surface area contributed by atoms with Gasteiger partial charge in [-0.25, -0.2) is 4.79 Å². The van der Waals surface area contributed by atoms with Gasteiger partial charge >= 0.3 is 5.97 Å². The molecule has 0 radical (unpaired) electrons. The Hall–Kier alpha value is -7.51. The average molecular weight is 936 g/mol. The number of carboxylic acid groups (broad SMARTS) is 1. The standard InChI is InChI=1S/C27H38N10O9.C8H18N4O.C3H7NO.C2H6/c28-27(29)31-7-3-6-18(35-21(40)10-30-14-39)24(43)33-12-23(42)37-20(13-38)25(44)34-11-22(41)36-19(26(45)46)8-15-9-32-17-5-2-1-4-16(15)17;1-6(12-7(2)13)4-3-5-11-8(9)10;1-2-3(4)5;1-2/h1-2,4-5,9,14,18-20,32,38H,3,6-8,10-13H2,(H,30,39)(H,33,43)(H,34,44)(H,35,40)(H,36,41)(H,37,42)(H,45,46)(H4,28,29,31);6H,3-5H2,1-2H3,(H,12,13)(H4,9,10,11);2H2,1H3,(H2,4,5);1-2H3. The monoisotopic (exact) mass is 936 g/mol. The number of nitrogens with two attached hydrogens (primary N) is 5. The third-order valence-corrected chi connectivity index (χ3v) is 8.24. The summed E-state index contributed by atoms with van der Waals surface area (Å²) < 4.78 is 0. The van der Waals surface area contributed by atoms with Crippen LogP contribution in [0.3, 0.4) is 0 Å². The second kappa shape index (κ2) is 35.9. The van der Waals surface area contributed by atoms with Crippen molar-refractivity contribution in [2.75, 3.05) is 39.3 Å². The van der Waals surface area contributed by atoms with Crippen molar-refractivity contribution >= 4 is 76.6 Å². The van der Waals surface area contributed by atoms with Crippen LogP contribution in [-0.4, -0.2) is 144 Å². The van der Waals surface area contributed by atoms with Crippen molar-refractivity contribution in [3.05, 3.63) is 36.0 Å². The number of hydrogen-bond acceptors (Lipinski definition) is 12. The zero-order valence-electron chi connectivity index (χ0n) is 38.1. The van der Waals surface area contributed by atoms with Gasteiger partial charge in [0.15, 0.2) is 11.9 Å². The number of aliphatic hydroxyl groups is 1. The van der Waals surface area contributed by atoms with Crippen LogP contribution in [0.1, 0.15) is 72.3 Å². The first-order valence-corrected chi connectivity index (χ1v) is 20.9. The molecule has 0 aliphatic rings. The number of primary amides is 1. The number of para-hydroxylation sites is 1. The number of hydrogen-bond donors (Lipinski definition) is 15. The minimum atomic E-state index is -1.51. The number of carbonyl (C=O) groups is 9. The largest absolute Gasteiger partial charge is 0.480 e. The Bertz CT molecular complexity index is 1900. The van der Waals surface area contributed by atoms with E-state index in [1.807, 2.05) is 32.9 Å². The second-order valence-electron chi connectivity index (χ2n) is 13.7. The smallest absolute Gasteiger partial charge is 0.326 e. The van der Waals surface area contributed by atoms with Crippen molar-refractivity contribution in [1.29, 1.82) is 0 Å². The van der Waals surface area contributed by atoms with Crippen LogP contribution in [-0.2, 0) is 49.6 Å². The number of aliphatic hydroxyl groups excluding tert-OH is 1. The molecule has 2 rings (SSSR count). The van der Waals surface area contributed by atoms with Gasteiger partial charge in [0.1, 0.15) is 18.1 Å². The molecule has 0 saturated heterocycles. The number of aliphatic carboxylic acids is 1. The number of aliphatic imine (C=N–C) groups is 2. The van der Waals surface area contributed by atoms with E-state index < -0.39 is 79.9 Å². The molecule has 4 unspecified atom stereocenters. The summed E-state index contributed by atoms with van der Waals surface area (Å²) >= 11 is 0. The molecular weight excluding hydrogens is 867 g/mol. The van der Waals surface area contributed by atoms with Crippen LogP contribution in [0, 0.1) is 0 Å². The molecule has 26 heteroatoms. The zero-order valence-corrected chi connectivity index (χ0v) is 38.1. The topological polar surface area (TPSA) is 449 Å². The maximum atomic E-state index is 12.7. The molecule has 66 heavy (non-hydrogen) atoms. The van der Waals surface area contributed by atoms with Gasteiger partial charge in [0, 0.05) is 56.0 Å². The Labute approximate surface area is 382 Å². The van der Waals surface area contributed by atoms with Crippen molar-refractivity contribution < 1.29 is 53.4 Å². The Kier molecular flexibility index (Phi) is 32.9. The van der Waals surface area contributed by atoms with Crippen LogP contribution < -0.4 is 65.9 Å². The number of nitrogens with one attached hydrogen (secondary N) is 8. The van der Waals surface area contributed by atoms with Crippen LogP contribution >= 0.6 is 0 Å². The quantitative estimate of drug-likeness (QED) is 0.0184. The fourth-order valence-corrected chi connectivity index (χ4v) is 5.16. The number of fused-ring (bicyclic) bond motifs is 1. The lowest BCUT2D eigenvalue weighted by atomic mass is 10.0. The summed E-state index contributed by atoms with van der Waals surface area (Å²) in [5.41, 5.74) is 26.9. The molecule has 2 aromatic rings. The molecule has 4 atom stereocenters. The van der Waals surface area contributed by atoms with Crippen molar-refractivity contribution in [1.82, 2.24) is 42.2 Å². The number of aromatic nitrogens is 1. The van der Waals surface area contributed by atoms with E-state index in [0.29, 0.717) is 24.9 Å². The number of nitrogens with zero attached hydrogens (tertiary/aromatic N) is 2. The van der Waals surface area contributed by atoms with E-state index in [0.717, 1.165) is 23.7 Å². The summed E-state index contributed by atoms with van der Waals surface area (Å²) in [4.78, 5) is 115. The van der Waals surface area contributed by atoms with Gasteiger partial charge in [0.2, 0.25) is 47.8 Å². The molecule has 0 aliphatic carbocycles. The third-order valence-electron chi connectivity index (χ3n) is 8.24. The van der Waals surface area contributed by atoms with Gasteiger partial charge in [-0.05, 0) is 44.2 Å². The van der Waals surface area contributed by atoms with E-state index in [4.69, 9.17) is 22.9 Å². The number of amides is 8. The highest BCUT2D eigenvalue weighted by Crippen LogP contribution is 2.19. The zero-order chi connectivity index (χ0) is 50.6. The Morgan fingerprint density at radius 3 is 1.71 bits per heavy atom. The fourth-order valence-electron chi connectivity index (χ4n) is 5.16. The van der Waals surface area contributed by atoms with Gasteiger partial charge in [-0.2, -0.15) is 0 Å². The number of guanidine groups is 2. The summed E-state index contributed by atoms with van der Waals surface area (Å²) in [6.07, 6.45) is 4.47. The van der Waals surface area contributed by atoms with E-state index in [9.17, 15) is 53.4 Å². The SMILES string of the molecule is CC.CC(=O)NC(C)CCCN=C(N)N.CCC(N)=O.NC(N)=NCCCC(NC(=O)CNC=O)C(=O)NCC(=O)NC(CO)C(=O)NCC(=O)NC(Cc1c[nH]c2ccccc12)C(=O)O. The Morgan fingerprint density at radius 1 is 0.742 bits per heavy atom. The van der Waals surface area contributed by atoms with Gasteiger partial charge in [-0.1, -0.05) is 39.0 Å². The highest BCUT2D eigenvalue weighted by atomic mass is 16.4. The molecule has 1 aromatic heterocycles. The lowest BCUT2D eigenvalue weighted by molar-refractivity contribution is -0.141. The molecule has 0 fully saturated rings. The van der Waals surface area contributed by atoms with E-state index in [2.05, 4.69) is 57.9 Å². The van der Waals surface area contributed by atoms with E-state index in [1.54, 1.807) is 25.3 Å². The summed E-state index contributed by atoms with van der Waals surface area (Å²) in [6, 6.07) is 3.48. The molecule has 1 aromatic carbocycles. The lowest BCUT2D eigenvalue weighted by Crippen LogP contribution is -2.55. The summed E-state index contributed by atoms with van der Waals surface area (Å²) in [5, 5.41) is 36.4. The third kappa shape index (κ3) is 29.7. The molecule has 0 spiro atoms. The summed E-state index contributed by atoms with van der Waals surface area (Å²) in [6.45, 7) is 7.40. The number of benzene rings is 1. The number of aromatic amines is 1. The molecule has 8 amide bonds. The van der Waals surface area contributed by atoms with Gasteiger partial charge in [0.25, 0.3) is 0 Å². The van der Waals surface area contributed by atoms with Gasteiger partial charge in [0.05, 0.1) is 26.2 Å². The van der Waals surface area contributed by atoms with Crippen LogP contribution in [0.15, 0.2) is 40.4 Å². The predicted molar refractivity (Wildman–Crippen MR) is 247 cm³/mol. The van der Waals surface area contributed by atoms with Crippen molar-refractivity contribution in [2.24, 2.45) is 38.7 Å². The highest BCUT2D eigenvalue weighted by molar-refractivity contribution is 5.94.